The molecule has 0 fully saturated rings. The highest BCUT2D eigenvalue weighted by Gasteiger charge is 2.12. The second-order valence-electron chi connectivity index (χ2n) is 3.87. The third-order valence-corrected chi connectivity index (χ3v) is 2.31. The fourth-order valence-electron chi connectivity index (χ4n) is 1.45. The molecule has 17 heavy (non-hydrogen) atoms. The van der Waals surface area contributed by atoms with E-state index in [2.05, 4.69) is 20.8 Å². The molecule has 0 aliphatic rings. The second-order valence-corrected chi connectivity index (χ2v) is 3.87. The summed E-state index contributed by atoms with van der Waals surface area (Å²) in [5.41, 5.74) is 0. The van der Waals surface area contributed by atoms with Gasteiger partial charge in [0.1, 0.15) is 0 Å². The minimum Gasteiger partial charge on any atom is -0.406 e. The van der Waals surface area contributed by atoms with Gasteiger partial charge in [-0.2, -0.15) is 0 Å². The molecule has 6 heteroatoms. The van der Waals surface area contributed by atoms with Crippen LogP contribution in [0.25, 0.3) is 0 Å². The Morgan fingerprint density at radius 3 is 2.71 bits per heavy atom. The zero-order chi connectivity index (χ0) is 12.7. The van der Waals surface area contributed by atoms with E-state index in [4.69, 9.17) is 9.15 Å². The minimum atomic E-state index is 0.0763. The van der Waals surface area contributed by atoms with Crippen LogP contribution in [-0.4, -0.2) is 36.0 Å². The monoisotopic (exact) mass is 242 g/mol. The van der Waals surface area contributed by atoms with Gasteiger partial charge in [-0.05, 0) is 27.3 Å². The van der Waals surface area contributed by atoms with E-state index in [0.717, 1.165) is 6.54 Å². The van der Waals surface area contributed by atoms with Crippen LogP contribution in [0.1, 0.15) is 39.6 Å². The van der Waals surface area contributed by atoms with Crippen molar-refractivity contribution in [2.75, 3.05) is 25.0 Å². The molecule has 0 aliphatic carbocycles. The Balaban J connectivity index is 2.40. The molecule has 0 saturated heterocycles. The Kier molecular flexibility index (Phi) is 5.93. The van der Waals surface area contributed by atoms with E-state index in [-0.39, 0.29) is 12.1 Å². The summed E-state index contributed by atoms with van der Waals surface area (Å²) >= 11 is 0. The molecule has 2 atom stereocenters. The number of hydrogen-bond donors (Lipinski definition) is 2. The summed E-state index contributed by atoms with van der Waals surface area (Å²) < 4.78 is 10.9. The van der Waals surface area contributed by atoms with Crippen molar-refractivity contribution < 1.29 is 9.15 Å². The summed E-state index contributed by atoms with van der Waals surface area (Å²) in [6.45, 7) is 10.2. The van der Waals surface area contributed by atoms with E-state index in [0.29, 0.717) is 25.1 Å². The highest BCUT2D eigenvalue weighted by molar-refractivity contribution is 5.17. The average Bonchev–Trinajstić information content (AvgIpc) is 2.76. The fourth-order valence-corrected chi connectivity index (χ4v) is 1.45. The number of rotatable bonds is 8. The standard InChI is InChI=1S/C11H22N4O2/c1-5-12-9(4)10-14-15-11(17-10)13-7-8(3)16-6-2/h8-9,12H,5-7H2,1-4H3,(H,13,15). The molecule has 0 amide bonds. The Morgan fingerprint density at radius 1 is 1.29 bits per heavy atom. The predicted octanol–water partition coefficient (Wildman–Crippen LogP) is 1.58. The van der Waals surface area contributed by atoms with Crippen molar-refractivity contribution >= 4 is 6.01 Å². The number of aromatic nitrogens is 2. The van der Waals surface area contributed by atoms with Crippen LogP contribution in [0.5, 0.6) is 0 Å². The lowest BCUT2D eigenvalue weighted by atomic mass is 10.3. The smallest absolute Gasteiger partial charge is 0.315 e. The fraction of sp³-hybridized carbons (Fsp3) is 0.818. The average molecular weight is 242 g/mol. The lowest BCUT2D eigenvalue weighted by molar-refractivity contribution is 0.0851. The summed E-state index contributed by atoms with van der Waals surface area (Å²) in [5.74, 6) is 0.596. The zero-order valence-electron chi connectivity index (χ0n) is 11.0. The van der Waals surface area contributed by atoms with Gasteiger partial charge >= 0.3 is 6.01 Å². The van der Waals surface area contributed by atoms with Crippen LogP contribution in [0.15, 0.2) is 4.42 Å². The number of ether oxygens (including phenoxy) is 1. The molecule has 0 spiro atoms. The molecule has 98 valence electrons. The molecule has 1 aromatic heterocycles. The van der Waals surface area contributed by atoms with E-state index in [1.54, 1.807) is 0 Å². The van der Waals surface area contributed by atoms with Crippen molar-refractivity contribution in [3.8, 4) is 0 Å². The first-order valence-corrected chi connectivity index (χ1v) is 6.09. The maximum absolute atomic E-state index is 5.48. The van der Waals surface area contributed by atoms with Crippen molar-refractivity contribution in [3.05, 3.63) is 5.89 Å². The second kappa shape index (κ2) is 7.24. The van der Waals surface area contributed by atoms with Crippen molar-refractivity contribution in [1.82, 2.24) is 15.5 Å². The third-order valence-electron chi connectivity index (χ3n) is 2.31. The Hall–Kier alpha value is -1.14. The topological polar surface area (TPSA) is 72.2 Å². The molecule has 0 radical (unpaired) electrons. The lowest BCUT2D eigenvalue weighted by Gasteiger charge is -2.10. The molecule has 2 N–H and O–H groups in total. The van der Waals surface area contributed by atoms with Crippen LogP contribution in [-0.2, 0) is 4.74 Å². The van der Waals surface area contributed by atoms with Crippen molar-refractivity contribution in [1.29, 1.82) is 0 Å². The molecular weight excluding hydrogens is 220 g/mol. The molecule has 6 nitrogen and oxygen atoms in total. The van der Waals surface area contributed by atoms with E-state index < -0.39 is 0 Å². The number of anilines is 1. The summed E-state index contributed by atoms with van der Waals surface area (Å²) in [5, 5.41) is 14.2. The van der Waals surface area contributed by atoms with E-state index >= 15 is 0 Å². The summed E-state index contributed by atoms with van der Waals surface area (Å²) in [4.78, 5) is 0. The first-order chi connectivity index (χ1) is 8.17. The zero-order valence-corrected chi connectivity index (χ0v) is 11.0. The van der Waals surface area contributed by atoms with Gasteiger partial charge in [0.2, 0.25) is 5.89 Å². The van der Waals surface area contributed by atoms with E-state index in [1.165, 1.54) is 0 Å². The molecule has 0 saturated carbocycles. The van der Waals surface area contributed by atoms with Gasteiger partial charge in [-0.15, -0.1) is 5.10 Å². The maximum atomic E-state index is 5.48. The first kappa shape index (κ1) is 13.9. The molecule has 0 bridgehead atoms. The Bertz CT molecular complexity index is 316. The number of nitrogens with zero attached hydrogens (tertiary/aromatic N) is 2. The Labute approximate surface area is 102 Å². The van der Waals surface area contributed by atoms with Crippen LogP contribution >= 0.6 is 0 Å². The van der Waals surface area contributed by atoms with Crippen molar-refractivity contribution in [2.45, 2.75) is 39.8 Å². The number of nitrogens with one attached hydrogen (secondary N) is 2. The summed E-state index contributed by atoms with van der Waals surface area (Å²) in [7, 11) is 0. The highest BCUT2D eigenvalue weighted by Crippen LogP contribution is 2.13. The molecule has 1 heterocycles. The van der Waals surface area contributed by atoms with E-state index in [9.17, 15) is 0 Å². The van der Waals surface area contributed by atoms with Crippen LogP contribution < -0.4 is 10.6 Å². The third kappa shape index (κ3) is 4.70. The highest BCUT2D eigenvalue weighted by atomic mass is 16.5. The first-order valence-electron chi connectivity index (χ1n) is 6.09. The maximum Gasteiger partial charge on any atom is 0.315 e. The van der Waals surface area contributed by atoms with Crippen LogP contribution in [0.2, 0.25) is 0 Å². The largest absolute Gasteiger partial charge is 0.406 e. The van der Waals surface area contributed by atoms with E-state index in [1.807, 2.05) is 27.7 Å². The van der Waals surface area contributed by atoms with Gasteiger partial charge in [-0.25, -0.2) is 0 Å². The van der Waals surface area contributed by atoms with Crippen LogP contribution in [0.4, 0.5) is 6.01 Å². The summed E-state index contributed by atoms with van der Waals surface area (Å²) in [6.07, 6.45) is 0.126. The lowest BCUT2D eigenvalue weighted by Crippen LogP contribution is -2.19. The minimum absolute atomic E-state index is 0.0763. The van der Waals surface area contributed by atoms with Gasteiger partial charge in [0.15, 0.2) is 0 Å². The normalized spacial score (nSPS) is 14.6. The molecule has 2 unspecified atom stereocenters. The van der Waals surface area contributed by atoms with Crippen LogP contribution in [0.3, 0.4) is 0 Å². The molecule has 0 aromatic carbocycles. The van der Waals surface area contributed by atoms with Gasteiger partial charge in [0, 0.05) is 13.2 Å². The van der Waals surface area contributed by atoms with Gasteiger partial charge in [-0.1, -0.05) is 12.0 Å². The number of hydrogen-bond acceptors (Lipinski definition) is 6. The van der Waals surface area contributed by atoms with Gasteiger partial charge in [0.05, 0.1) is 12.1 Å². The molecular formula is C11H22N4O2. The SMILES string of the molecule is CCNC(C)c1nnc(NCC(C)OCC)o1. The van der Waals surface area contributed by atoms with Crippen molar-refractivity contribution in [3.63, 3.8) is 0 Å². The summed E-state index contributed by atoms with van der Waals surface area (Å²) in [6, 6.07) is 0.517. The predicted molar refractivity (Wildman–Crippen MR) is 66.0 cm³/mol. The van der Waals surface area contributed by atoms with Gasteiger partial charge in [0.25, 0.3) is 0 Å². The van der Waals surface area contributed by atoms with Crippen molar-refractivity contribution in [2.24, 2.45) is 0 Å². The van der Waals surface area contributed by atoms with Gasteiger partial charge < -0.3 is 19.8 Å². The van der Waals surface area contributed by atoms with Crippen LogP contribution in [0, 0.1) is 0 Å². The molecule has 0 aliphatic heterocycles. The van der Waals surface area contributed by atoms with Gasteiger partial charge in [-0.3, -0.25) is 0 Å². The Morgan fingerprint density at radius 2 is 2.06 bits per heavy atom. The quantitative estimate of drug-likeness (QED) is 0.721. The molecule has 1 aromatic rings. The molecule has 1 rings (SSSR count).